The quantitative estimate of drug-likeness (QED) is 0.331. The molecule has 0 aliphatic heterocycles. The van der Waals surface area contributed by atoms with Gasteiger partial charge in [-0.3, -0.25) is 4.79 Å². The van der Waals surface area contributed by atoms with Gasteiger partial charge in [0.25, 0.3) is 5.91 Å². The van der Waals surface area contributed by atoms with Crippen LogP contribution in [0.4, 0.5) is 23.2 Å². The molecule has 1 atom stereocenters. The van der Waals surface area contributed by atoms with E-state index in [4.69, 9.17) is 10.5 Å². The standard InChI is InChI=1S/C26H22F4N4O2/c1-36-24(17-7-3-2-4-8-17)18-10-11-21(20(27)13-18)32-25(35)22-14-23(26(28,29)30)33-34(22)19-9-5-6-16(12-19)15-31/h2-14,24H,15,31H2,1H3,(H,32,35). The molecule has 1 aromatic heterocycles. The number of anilines is 1. The normalized spacial score (nSPS) is 12.4. The molecule has 6 nitrogen and oxygen atoms in total. The van der Waals surface area contributed by atoms with Crippen LogP contribution in [0.15, 0.2) is 78.9 Å². The second-order valence-corrected chi connectivity index (χ2v) is 7.92. The first-order valence-corrected chi connectivity index (χ1v) is 10.9. The lowest BCUT2D eigenvalue weighted by molar-refractivity contribution is -0.141. The van der Waals surface area contributed by atoms with Crippen LogP contribution in [0.5, 0.6) is 0 Å². The molecule has 1 unspecified atom stereocenters. The number of nitrogens with zero attached hydrogens (tertiary/aromatic N) is 2. The molecule has 10 heteroatoms. The van der Waals surface area contributed by atoms with E-state index in [0.29, 0.717) is 17.2 Å². The highest BCUT2D eigenvalue weighted by atomic mass is 19.4. The van der Waals surface area contributed by atoms with Gasteiger partial charge in [0.05, 0.1) is 11.4 Å². The Morgan fingerprint density at radius 2 is 1.78 bits per heavy atom. The number of alkyl halides is 3. The van der Waals surface area contributed by atoms with E-state index in [9.17, 15) is 22.4 Å². The average Bonchev–Trinajstić information content (AvgIpc) is 3.33. The van der Waals surface area contributed by atoms with Crippen LogP contribution in [-0.2, 0) is 17.5 Å². The Morgan fingerprint density at radius 3 is 2.42 bits per heavy atom. The summed E-state index contributed by atoms with van der Waals surface area (Å²) in [5, 5.41) is 5.92. The van der Waals surface area contributed by atoms with Crippen molar-refractivity contribution in [2.24, 2.45) is 5.73 Å². The van der Waals surface area contributed by atoms with E-state index < -0.39 is 35.4 Å². The Labute approximate surface area is 204 Å². The molecule has 4 rings (SSSR count). The molecule has 1 amide bonds. The Morgan fingerprint density at radius 1 is 1.03 bits per heavy atom. The predicted octanol–water partition coefficient (Wildman–Crippen LogP) is 5.48. The number of rotatable bonds is 7. The van der Waals surface area contributed by atoms with Gasteiger partial charge in [-0.1, -0.05) is 48.5 Å². The third-order valence-electron chi connectivity index (χ3n) is 5.51. The molecule has 0 aliphatic carbocycles. The zero-order chi connectivity index (χ0) is 25.9. The van der Waals surface area contributed by atoms with Gasteiger partial charge < -0.3 is 15.8 Å². The molecule has 3 aromatic carbocycles. The monoisotopic (exact) mass is 498 g/mol. The molecular weight excluding hydrogens is 476 g/mol. The first-order valence-electron chi connectivity index (χ1n) is 10.9. The SMILES string of the molecule is COC(c1ccccc1)c1ccc(NC(=O)c2cc(C(F)(F)F)nn2-c2cccc(CN)c2)c(F)c1. The maximum Gasteiger partial charge on any atom is 0.435 e. The van der Waals surface area contributed by atoms with Gasteiger partial charge in [0.2, 0.25) is 0 Å². The number of nitrogens with one attached hydrogen (secondary N) is 1. The maximum atomic E-state index is 15.0. The molecule has 0 aliphatic rings. The Kier molecular flexibility index (Phi) is 7.18. The number of halogens is 4. The van der Waals surface area contributed by atoms with Crippen molar-refractivity contribution in [2.75, 3.05) is 12.4 Å². The highest BCUT2D eigenvalue weighted by molar-refractivity contribution is 6.03. The van der Waals surface area contributed by atoms with E-state index in [1.54, 1.807) is 18.2 Å². The lowest BCUT2D eigenvalue weighted by atomic mass is 10.0. The summed E-state index contributed by atoms with van der Waals surface area (Å²) >= 11 is 0. The van der Waals surface area contributed by atoms with Crippen molar-refractivity contribution >= 4 is 11.6 Å². The topological polar surface area (TPSA) is 82.2 Å². The van der Waals surface area contributed by atoms with Crippen LogP contribution in [0, 0.1) is 5.82 Å². The number of carbonyl (C=O) groups is 1. The summed E-state index contributed by atoms with van der Waals surface area (Å²) in [4.78, 5) is 13.0. The molecule has 36 heavy (non-hydrogen) atoms. The highest BCUT2D eigenvalue weighted by Crippen LogP contribution is 2.31. The Balaban J connectivity index is 1.66. The van der Waals surface area contributed by atoms with Gasteiger partial charge in [-0.2, -0.15) is 18.3 Å². The highest BCUT2D eigenvalue weighted by Gasteiger charge is 2.36. The number of hydrogen-bond donors (Lipinski definition) is 2. The van der Waals surface area contributed by atoms with Gasteiger partial charge in [-0.15, -0.1) is 0 Å². The van der Waals surface area contributed by atoms with Crippen LogP contribution in [0.2, 0.25) is 0 Å². The zero-order valence-electron chi connectivity index (χ0n) is 19.1. The van der Waals surface area contributed by atoms with E-state index in [1.807, 2.05) is 30.3 Å². The van der Waals surface area contributed by atoms with Gasteiger partial charge in [-0.25, -0.2) is 9.07 Å². The first-order chi connectivity index (χ1) is 17.2. The van der Waals surface area contributed by atoms with Crippen molar-refractivity contribution < 1.29 is 27.1 Å². The van der Waals surface area contributed by atoms with Crippen LogP contribution in [-0.4, -0.2) is 22.8 Å². The minimum absolute atomic E-state index is 0.145. The van der Waals surface area contributed by atoms with Gasteiger partial charge in [0, 0.05) is 19.7 Å². The van der Waals surface area contributed by atoms with Crippen molar-refractivity contribution in [1.82, 2.24) is 9.78 Å². The minimum Gasteiger partial charge on any atom is -0.372 e. The second-order valence-electron chi connectivity index (χ2n) is 7.92. The third kappa shape index (κ3) is 5.29. The molecule has 0 fully saturated rings. The van der Waals surface area contributed by atoms with Crippen LogP contribution >= 0.6 is 0 Å². The minimum atomic E-state index is -4.79. The predicted molar refractivity (Wildman–Crippen MR) is 126 cm³/mol. The molecule has 0 bridgehead atoms. The number of benzene rings is 3. The van der Waals surface area contributed by atoms with Crippen molar-refractivity contribution in [2.45, 2.75) is 18.8 Å². The van der Waals surface area contributed by atoms with E-state index in [0.717, 1.165) is 10.2 Å². The summed E-state index contributed by atoms with van der Waals surface area (Å²) in [6.07, 6.45) is -5.33. The van der Waals surface area contributed by atoms with Crippen LogP contribution < -0.4 is 11.1 Å². The molecule has 1 heterocycles. The first kappa shape index (κ1) is 25.1. The summed E-state index contributed by atoms with van der Waals surface area (Å²) in [5.74, 6) is -1.74. The number of nitrogens with two attached hydrogens (primary N) is 1. The fraction of sp³-hybridized carbons (Fsp3) is 0.154. The van der Waals surface area contributed by atoms with Gasteiger partial charge in [0.15, 0.2) is 5.69 Å². The maximum absolute atomic E-state index is 15.0. The van der Waals surface area contributed by atoms with Crippen molar-refractivity contribution in [3.05, 3.63) is 113 Å². The fourth-order valence-electron chi connectivity index (χ4n) is 3.77. The molecule has 4 aromatic rings. The third-order valence-corrected chi connectivity index (χ3v) is 5.51. The Bertz CT molecular complexity index is 1370. The largest absolute Gasteiger partial charge is 0.435 e. The van der Waals surface area contributed by atoms with Gasteiger partial charge in [0.1, 0.15) is 17.6 Å². The van der Waals surface area contributed by atoms with E-state index in [2.05, 4.69) is 10.4 Å². The number of hydrogen-bond acceptors (Lipinski definition) is 4. The number of carbonyl (C=O) groups excluding carboxylic acids is 1. The number of methoxy groups -OCH3 is 1. The molecule has 0 spiro atoms. The smallest absolute Gasteiger partial charge is 0.372 e. The lowest BCUT2D eigenvalue weighted by Gasteiger charge is -2.17. The number of aromatic nitrogens is 2. The lowest BCUT2D eigenvalue weighted by Crippen LogP contribution is -2.18. The second kappa shape index (κ2) is 10.3. The average molecular weight is 498 g/mol. The van der Waals surface area contributed by atoms with E-state index >= 15 is 0 Å². The summed E-state index contributed by atoms with van der Waals surface area (Å²) in [7, 11) is 1.49. The summed E-state index contributed by atoms with van der Waals surface area (Å²) in [6, 6.07) is 20.2. The van der Waals surface area contributed by atoms with Crippen molar-refractivity contribution in [1.29, 1.82) is 0 Å². The summed E-state index contributed by atoms with van der Waals surface area (Å²) in [5.41, 5.74) is 5.90. The van der Waals surface area contributed by atoms with E-state index in [-0.39, 0.29) is 17.9 Å². The number of ether oxygens (including phenoxy) is 1. The van der Waals surface area contributed by atoms with Gasteiger partial charge in [-0.05, 0) is 41.0 Å². The Hall–Kier alpha value is -4.02. The number of amides is 1. The molecule has 0 saturated carbocycles. The summed E-state index contributed by atoms with van der Waals surface area (Å²) < 4.78 is 61.5. The zero-order valence-corrected chi connectivity index (χ0v) is 19.1. The van der Waals surface area contributed by atoms with Crippen LogP contribution in [0.3, 0.4) is 0 Å². The molecule has 186 valence electrons. The molecule has 0 radical (unpaired) electrons. The van der Waals surface area contributed by atoms with Crippen molar-refractivity contribution in [3.8, 4) is 5.69 Å². The van der Waals surface area contributed by atoms with E-state index in [1.165, 1.54) is 31.4 Å². The van der Waals surface area contributed by atoms with Crippen LogP contribution in [0.25, 0.3) is 5.69 Å². The van der Waals surface area contributed by atoms with Gasteiger partial charge >= 0.3 is 6.18 Å². The fourth-order valence-corrected chi connectivity index (χ4v) is 3.77. The molecule has 3 N–H and O–H groups in total. The molecular formula is C26H22F4N4O2. The summed E-state index contributed by atoms with van der Waals surface area (Å²) in [6.45, 7) is 0.145. The molecule has 0 saturated heterocycles. The van der Waals surface area contributed by atoms with Crippen molar-refractivity contribution in [3.63, 3.8) is 0 Å². The van der Waals surface area contributed by atoms with Crippen LogP contribution in [0.1, 0.15) is 39.0 Å².